The number of piperidine rings is 3. The van der Waals surface area contributed by atoms with E-state index in [2.05, 4.69) is 28.9 Å². The molecule has 0 spiro atoms. The Kier molecular flexibility index (Phi) is 5.44. The standard InChI is InChI=1S/C24H33N5O2/c1-16(2)10-11-22-18-12-17(21-8-5-9-23(30)29(21)22)13-27(14-18)24(31)15-28-25-19-6-3-4-7-20(19)26-28/h3-4,6-7,16-18,21-22H,5,8-15H2,1-2H3/t17-,18+,21+,22+/m1/s1. The Morgan fingerprint density at radius 3 is 2.55 bits per heavy atom. The van der Waals surface area contributed by atoms with Crippen LogP contribution in [-0.2, 0) is 16.1 Å². The third kappa shape index (κ3) is 3.94. The molecule has 2 bridgehead atoms. The maximum absolute atomic E-state index is 13.2. The van der Waals surface area contributed by atoms with Gasteiger partial charge in [-0.2, -0.15) is 15.0 Å². The maximum atomic E-state index is 13.2. The molecule has 0 unspecified atom stereocenters. The molecular weight excluding hydrogens is 390 g/mol. The summed E-state index contributed by atoms with van der Waals surface area (Å²) < 4.78 is 0. The van der Waals surface area contributed by atoms with Crippen LogP contribution < -0.4 is 0 Å². The maximum Gasteiger partial charge on any atom is 0.246 e. The third-order valence-corrected chi connectivity index (χ3v) is 7.49. The van der Waals surface area contributed by atoms with E-state index in [1.807, 2.05) is 29.2 Å². The van der Waals surface area contributed by atoms with E-state index < -0.39 is 0 Å². The molecule has 2 amide bonds. The second kappa shape index (κ2) is 8.24. The van der Waals surface area contributed by atoms with E-state index >= 15 is 0 Å². The van der Waals surface area contributed by atoms with Gasteiger partial charge in [0, 0.05) is 31.6 Å². The van der Waals surface area contributed by atoms with Gasteiger partial charge >= 0.3 is 0 Å². The number of aromatic nitrogens is 3. The number of likely N-dealkylation sites (tertiary alicyclic amines) is 1. The van der Waals surface area contributed by atoms with Crippen molar-refractivity contribution in [1.82, 2.24) is 24.8 Å². The van der Waals surface area contributed by atoms with E-state index in [0.29, 0.717) is 36.1 Å². The predicted octanol–water partition coefficient (Wildman–Crippen LogP) is 3.10. The lowest BCUT2D eigenvalue weighted by atomic mass is 9.70. The molecule has 0 N–H and O–H groups in total. The van der Waals surface area contributed by atoms with E-state index in [9.17, 15) is 9.59 Å². The summed E-state index contributed by atoms with van der Waals surface area (Å²) >= 11 is 0. The molecule has 2 aromatic rings. The second-order valence-corrected chi connectivity index (χ2v) is 10.1. The minimum atomic E-state index is 0.0909. The lowest BCUT2D eigenvalue weighted by Gasteiger charge is -2.56. The molecule has 1 aromatic carbocycles. The van der Waals surface area contributed by atoms with Crippen molar-refractivity contribution in [2.45, 2.75) is 71.0 Å². The summed E-state index contributed by atoms with van der Waals surface area (Å²) in [5.74, 6) is 1.83. The van der Waals surface area contributed by atoms with Crippen molar-refractivity contribution in [3.8, 4) is 0 Å². The fraction of sp³-hybridized carbons (Fsp3) is 0.667. The largest absolute Gasteiger partial charge is 0.340 e. The van der Waals surface area contributed by atoms with Crippen LogP contribution in [-0.4, -0.2) is 61.8 Å². The molecule has 3 aliphatic rings. The van der Waals surface area contributed by atoms with E-state index in [1.165, 1.54) is 4.80 Å². The molecule has 1 aromatic heterocycles. The molecule has 166 valence electrons. The molecule has 5 rings (SSSR count). The summed E-state index contributed by atoms with van der Waals surface area (Å²) in [6, 6.07) is 8.28. The van der Waals surface area contributed by atoms with Gasteiger partial charge in [0.2, 0.25) is 11.8 Å². The molecule has 7 nitrogen and oxygen atoms in total. The number of benzene rings is 1. The number of amides is 2. The number of nitrogens with zero attached hydrogens (tertiary/aromatic N) is 5. The highest BCUT2D eigenvalue weighted by Gasteiger charge is 2.49. The summed E-state index contributed by atoms with van der Waals surface area (Å²) in [5, 5.41) is 8.93. The SMILES string of the molecule is CC(C)CC[C@H]1[C@H]2C[C@H](CN(C(=O)Cn3nc4ccccc4n3)C2)[C@@H]2CCCC(=O)N21. The lowest BCUT2D eigenvalue weighted by molar-refractivity contribution is -0.157. The molecule has 7 heteroatoms. The molecule has 0 saturated carbocycles. The van der Waals surface area contributed by atoms with Crippen molar-refractivity contribution in [1.29, 1.82) is 0 Å². The number of carbonyl (C=O) groups is 2. The zero-order valence-electron chi connectivity index (χ0n) is 18.6. The molecule has 4 heterocycles. The van der Waals surface area contributed by atoms with E-state index in [0.717, 1.165) is 56.2 Å². The van der Waals surface area contributed by atoms with Crippen LogP contribution in [0, 0.1) is 17.8 Å². The van der Waals surface area contributed by atoms with Crippen molar-refractivity contribution < 1.29 is 9.59 Å². The highest BCUT2D eigenvalue weighted by molar-refractivity contribution is 5.79. The van der Waals surface area contributed by atoms with Crippen molar-refractivity contribution in [3.63, 3.8) is 0 Å². The topological polar surface area (TPSA) is 71.3 Å². The Bertz CT molecular complexity index is 937. The van der Waals surface area contributed by atoms with Crippen molar-refractivity contribution in [2.75, 3.05) is 13.1 Å². The van der Waals surface area contributed by atoms with Gasteiger partial charge in [-0.15, -0.1) is 0 Å². The van der Waals surface area contributed by atoms with Gasteiger partial charge in [-0.1, -0.05) is 26.0 Å². The normalized spacial score (nSPS) is 28.3. The molecule has 0 aliphatic carbocycles. The van der Waals surface area contributed by atoms with Crippen molar-refractivity contribution in [2.24, 2.45) is 17.8 Å². The Hall–Kier alpha value is -2.44. The fourth-order valence-electron chi connectivity index (χ4n) is 6.05. The van der Waals surface area contributed by atoms with Crippen LogP contribution in [0.5, 0.6) is 0 Å². The highest BCUT2D eigenvalue weighted by atomic mass is 16.2. The number of hydrogen-bond donors (Lipinski definition) is 0. The number of hydrogen-bond acceptors (Lipinski definition) is 4. The quantitative estimate of drug-likeness (QED) is 0.741. The van der Waals surface area contributed by atoms with Crippen LogP contribution in [0.3, 0.4) is 0 Å². The number of carbonyl (C=O) groups excluding carboxylic acids is 2. The summed E-state index contributed by atoms with van der Waals surface area (Å²) in [5.41, 5.74) is 1.63. The molecular formula is C24H33N5O2. The molecule has 0 radical (unpaired) electrons. The second-order valence-electron chi connectivity index (χ2n) is 10.1. The Morgan fingerprint density at radius 1 is 1.13 bits per heavy atom. The van der Waals surface area contributed by atoms with Crippen LogP contribution in [0.2, 0.25) is 0 Å². The molecule has 3 fully saturated rings. The van der Waals surface area contributed by atoms with Crippen LogP contribution in [0.25, 0.3) is 11.0 Å². The van der Waals surface area contributed by atoms with Gasteiger partial charge in [-0.05, 0) is 62.0 Å². The number of fused-ring (bicyclic) bond motifs is 5. The molecule has 4 atom stereocenters. The van der Waals surface area contributed by atoms with Crippen LogP contribution in [0.1, 0.15) is 52.4 Å². The Balaban J connectivity index is 1.34. The zero-order valence-corrected chi connectivity index (χ0v) is 18.6. The van der Waals surface area contributed by atoms with Crippen molar-refractivity contribution >= 4 is 22.8 Å². The van der Waals surface area contributed by atoms with Gasteiger partial charge in [-0.25, -0.2) is 0 Å². The van der Waals surface area contributed by atoms with Crippen LogP contribution in [0.4, 0.5) is 0 Å². The fourth-order valence-corrected chi connectivity index (χ4v) is 6.05. The van der Waals surface area contributed by atoms with Crippen molar-refractivity contribution in [3.05, 3.63) is 24.3 Å². The van der Waals surface area contributed by atoms with Gasteiger partial charge in [0.25, 0.3) is 0 Å². The zero-order chi connectivity index (χ0) is 21.5. The summed E-state index contributed by atoms with van der Waals surface area (Å²) in [7, 11) is 0. The van der Waals surface area contributed by atoms with Crippen LogP contribution in [0.15, 0.2) is 24.3 Å². The average Bonchev–Trinajstić information content (AvgIpc) is 3.16. The highest BCUT2D eigenvalue weighted by Crippen LogP contribution is 2.43. The first-order valence-electron chi connectivity index (χ1n) is 11.9. The number of rotatable bonds is 5. The predicted molar refractivity (Wildman–Crippen MR) is 118 cm³/mol. The molecule has 3 aliphatic heterocycles. The first-order valence-corrected chi connectivity index (χ1v) is 11.9. The molecule has 31 heavy (non-hydrogen) atoms. The van der Waals surface area contributed by atoms with Gasteiger partial charge in [-0.3, -0.25) is 9.59 Å². The van der Waals surface area contributed by atoms with Gasteiger partial charge in [0.1, 0.15) is 17.6 Å². The van der Waals surface area contributed by atoms with Gasteiger partial charge in [0.15, 0.2) is 0 Å². The monoisotopic (exact) mass is 423 g/mol. The Morgan fingerprint density at radius 2 is 1.84 bits per heavy atom. The smallest absolute Gasteiger partial charge is 0.246 e. The lowest BCUT2D eigenvalue weighted by Crippen LogP contribution is -2.65. The molecule has 3 saturated heterocycles. The van der Waals surface area contributed by atoms with Gasteiger partial charge in [0.05, 0.1) is 0 Å². The average molecular weight is 424 g/mol. The van der Waals surface area contributed by atoms with E-state index in [-0.39, 0.29) is 18.5 Å². The summed E-state index contributed by atoms with van der Waals surface area (Å²) in [6.45, 7) is 6.17. The summed E-state index contributed by atoms with van der Waals surface area (Å²) in [6.07, 6.45) is 6.07. The Labute approximate surface area is 183 Å². The minimum absolute atomic E-state index is 0.0909. The summed E-state index contributed by atoms with van der Waals surface area (Å²) in [4.78, 5) is 31.9. The van der Waals surface area contributed by atoms with Crippen LogP contribution >= 0.6 is 0 Å². The third-order valence-electron chi connectivity index (χ3n) is 7.49. The van der Waals surface area contributed by atoms with Gasteiger partial charge < -0.3 is 9.80 Å². The van der Waals surface area contributed by atoms with E-state index in [1.54, 1.807) is 0 Å². The minimum Gasteiger partial charge on any atom is -0.340 e. The first-order chi connectivity index (χ1) is 15.0. The first kappa shape index (κ1) is 20.5. The van der Waals surface area contributed by atoms with E-state index in [4.69, 9.17) is 0 Å².